The number of benzene rings is 2. The number of furan rings is 1. The van der Waals surface area contributed by atoms with E-state index >= 15 is 0 Å². The van der Waals surface area contributed by atoms with Crippen LogP contribution in [0.15, 0.2) is 70.0 Å². The van der Waals surface area contributed by atoms with Crippen LogP contribution in [0.4, 0.5) is 0 Å². The number of hydrogen-bond acceptors (Lipinski definition) is 5. The lowest BCUT2D eigenvalue weighted by Gasteiger charge is -2.05. The number of hydrogen-bond donors (Lipinski definition) is 1. The molecule has 0 atom stereocenters. The Morgan fingerprint density at radius 3 is 2.36 bits per heavy atom. The van der Waals surface area contributed by atoms with E-state index in [2.05, 4.69) is 5.32 Å². The summed E-state index contributed by atoms with van der Waals surface area (Å²) in [4.78, 5) is 12.4. The molecule has 28 heavy (non-hydrogen) atoms. The van der Waals surface area contributed by atoms with Crippen LogP contribution in [0.5, 0.6) is 5.75 Å². The van der Waals surface area contributed by atoms with Gasteiger partial charge in [-0.2, -0.15) is 0 Å². The molecule has 8 heteroatoms. The molecule has 0 unspecified atom stereocenters. The number of amides is 1. The molecule has 146 valence electrons. The van der Waals surface area contributed by atoms with Gasteiger partial charge in [0.15, 0.2) is 15.6 Å². The molecule has 1 aromatic heterocycles. The van der Waals surface area contributed by atoms with Gasteiger partial charge in [0.05, 0.1) is 12.0 Å². The van der Waals surface area contributed by atoms with Gasteiger partial charge in [-0.1, -0.05) is 23.7 Å². The first-order valence-electron chi connectivity index (χ1n) is 8.35. The molecule has 0 saturated heterocycles. The van der Waals surface area contributed by atoms with Crippen molar-refractivity contribution in [3.05, 3.63) is 82.8 Å². The molecule has 2 aromatic carbocycles. The van der Waals surface area contributed by atoms with E-state index in [1.165, 1.54) is 36.4 Å². The molecule has 3 rings (SSSR count). The van der Waals surface area contributed by atoms with Gasteiger partial charge in [-0.3, -0.25) is 4.79 Å². The van der Waals surface area contributed by atoms with Crippen molar-refractivity contribution in [1.82, 2.24) is 5.32 Å². The van der Waals surface area contributed by atoms with Crippen molar-refractivity contribution in [2.75, 3.05) is 7.11 Å². The summed E-state index contributed by atoms with van der Waals surface area (Å²) < 4.78 is 35.4. The van der Waals surface area contributed by atoms with Crippen molar-refractivity contribution in [3.63, 3.8) is 0 Å². The summed E-state index contributed by atoms with van der Waals surface area (Å²) in [6, 6.07) is 16.1. The fraction of sp³-hybridized carbons (Fsp3) is 0.150. The smallest absolute Gasteiger partial charge is 0.287 e. The van der Waals surface area contributed by atoms with Gasteiger partial charge in [0.2, 0.25) is 0 Å². The molecule has 0 aliphatic carbocycles. The highest BCUT2D eigenvalue weighted by atomic mass is 35.5. The van der Waals surface area contributed by atoms with Crippen LogP contribution in [0.2, 0.25) is 5.02 Å². The van der Waals surface area contributed by atoms with Crippen LogP contribution in [0.3, 0.4) is 0 Å². The highest BCUT2D eigenvalue weighted by Gasteiger charge is 2.19. The minimum atomic E-state index is -3.60. The lowest BCUT2D eigenvalue weighted by atomic mass is 10.2. The lowest BCUT2D eigenvalue weighted by Crippen LogP contribution is -2.22. The van der Waals surface area contributed by atoms with Crippen molar-refractivity contribution in [1.29, 1.82) is 0 Å². The Bertz CT molecular complexity index is 1060. The minimum Gasteiger partial charge on any atom is -0.497 e. The van der Waals surface area contributed by atoms with Crippen molar-refractivity contribution in [2.45, 2.75) is 17.2 Å². The zero-order valence-electron chi connectivity index (χ0n) is 15.0. The van der Waals surface area contributed by atoms with Crippen LogP contribution >= 0.6 is 11.6 Å². The normalized spacial score (nSPS) is 11.2. The molecule has 0 aliphatic heterocycles. The number of halogens is 1. The summed E-state index contributed by atoms with van der Waals surface area (Å²) >= 11 is 5.79. The van der Waals surface area contributed by atoms with Crippen LogP contribution < -0.4 is 10.1 Å². The maximum Gasteiger partial charge on any atom is 0.287 e. The van der Waals surface area contributed by atoms with Crippen LogP contribution in [-0.4, -0.2) is 21.4 Å². The molecular weight excluding hydrogens is 402 g/mol. The number of rotatable bonds is 7. The van der Waals surface area contributed by atoms with E-state index in [0.29, 0.717) is 11.6 Å². The first kappa shape index (κ1) is 20.0. The monoisotopic (exact) mass is 419 g/mol. The summed E-state index contributed by atoms with van der Waals surface area (Å²) in [6.07, 6.45) is 0. The minimum absolute atomic E-state index is 0.0508. The van der Waals surface area contributed by atoms with Crippen molar-refractivity contribution in [2.24, 2.45) is 0 Å². The predicted octanol–water partition coefficient (Wildman–Crippen LogP) is 3.85. The molecule has 6 nitrogen and oxygen atoms in total. The number of nitrogens with one attached hydrogen (secondary N) is 1. The quantitative estimate of drug-likeness (QED) is 0.628. The standard InChI is InChI=1S/C20H18ClNO5S/c1-26-16-6-2-14(3-7-16)12-22-20(23)19-11-8-17(27-19)13-28(24,25)18-9-4-15(21)5-10-18/h2-11H,12-13H2,1H3,(H,22,23). The zero-order valence-corrected chi connectivity index (χ0v) is 16.6. The molecule has 3 aromatic rings. The van der Waals surface area contributed by atoms with Gasteiger partial charge in [-0.05, 0) is 54.1 Å². The van der Waals surface area contributed by atoms with Crippen molar-refractivity contribution >= 4 is 27.3 Å². The Hall–Kier alpha value is -2.77. The second-order valence-electron chi connectivity index (χ2n) is 6.01. The summed E-state index contributed by atoms with van der Waals surface area (Å²) in [5.74, 6) is 0.193. The average Bonchev–Trinajstić information content (AvgIpc) is 3.14. The number of carbonyl (C=O) groups is 1. The second-order valence-corrected chi connectivity index (χ2v) is 8.44. The topological polar surface area (TPSA) is 85.6 Å². The molecule has 0 radical (unpaired) electrons. The number of ether oxygens (including phenoxy) is 1. The molecule has 0 aliphatic rings. The van der Waals surface area contributed by atoms with Crippen LogP contribution in [0, 0.1) is 0 Å². The zero-order chi connectivity index (χ0) is 20.1. The SMILES string of the molecule is COc1ccc(CNC(=O)c2ccc(CS(=O)(=O)c3ccc(Cl)cc3)o2)cc1. The molecular formula is C20H18ClNO5S. The number of sulfone groups is 1. The Morgan fingerprint density at radius 2 is 1.71 bits per heavy atom. The van der Waals surface area contributed by atoms with Gasteiger partial charge in [0.1, 0.15) is 17.3 Å². The lowest BCUT2D eigenvalue weighted by molar-refractivity contribution is 0.0921. The third-order valence-corrected chi connectivity index (χ3v) is 5.91. The summed E-state index contributed by atoms with van der Waals surface area (Å²) in [6.45, 7) is 0.307. The van der Waals surface area contributed by atoms with Crippen LogP contribution in [-0.2, 0) is 22.1 Å². The fourth-order valence-corrected chi connectivity index (χ4v) is 3.88. The molecule has 0 bridgehead atoms. The van der Waals surface area contributed by atoms with E-state index in [4.69, 9.17) is 20.8 Å². The first-order chi connectivity index (χ1) is 13.4. The molecule has 1 N–H and O–H groups in total. The Morgan fingerprint density at radius 1 is 1.04 bits per heavy atom. The Kier molecular flexibility index (Phi) is 6.06. The summed E-state index contributed by atoms with van der Waals surface area (Å²) in [7, 11) is -2.02. The number of carbonyl (C=O) groups excluding carboxylic acids is 1. The highest BCUT2D eigenvalue weighted by molar-refractivity contribution is 7.90. The van der Waals surface area contributed by atoms with Gasteiger partial charge in [0, 0.05) is 11.6 Å². The second kappa shape index (κ2) is 8.50. The van der Waals surface area contributed by atoms with E-state index in [1.807, 2.05) is 12.1 Å². The van der Waals surface area contributed by atoms with Gasteiger partial charge < -0.3 is 14.5 Å². The summed E-state index contributed by atoms with van der Waals surface area (Å²) in [5.41, 5.74) is 0.895. The van der Waals surface area contributed by atoms with E-state index < -0.39 is 15.7 Å². The van der Waals surface area contributed by atoms with Crippen LogP contribution in [0.25, 0.3) is 0 Å². The van der Waals surface area contributed by atoms with Gasteiger partial charge in [-0.15, -0.1) is 0 Å². The van der Waals surface area contributed by atoms with Gasteiger partial charge in [0.25, 0.3) is 5.91 Å². The van der Waals surface area contributed by atoms with E-state index in [-0.39, 0.29) is 22.2 Å². The van der Waals surface area contributed by atoms with Crippen molar-refractivity contribution in [3.8, 4) is 5.75 Å². The Labute approximate surface area is 168 Å². The van der Waals surface area contributed by atoms with Crippen molar-refractivity contribution < 1.29 is 22.4 Å². The van der Waals surface area contributed by atoms with E-state index in [1.54, 1.807) is 19.2 Å². The third kappa shape index (κ3) is 4.94. The average molecular weight is 420 g/mol. The third-order valence-electron chi connectivity index (χ3n) is 4.00. The molecule has 1 heterocycles. The predicted molar refractivity (Wildman–Crippen MR) is 105 cm³/mol. The molecule has 0 spiro atoms. The molecule has 0 fully saturated rings. The molecule has 0 saturated carbocycles. The van der Waals surface area contributed by atoms with Crippen LogP contribution in [0.1, 0.15) is 21.9 Å². The maximum atomic E-state index is 12.4. The fourth-order valence-electron chi connectivity index (χ4n) is 2.50. The molecule has 1 amide bonds. The number of methoxy groups -OCH3 is 1. The Balaban J connectivity index is 1.62. The van der Waals surface area contributed by atoms with E-state index in [0.717, 1.165) is 11.3 Å². The van der Waals surface area contributed by atoms with Gasteiger partial charge >= 0.3 is 0 Å². The van der Waals surface area contributed by atoms with E-state index in [9.17, 15) is 13.2 Å². The first-order valence-corrected chi connectivity index (χ1v) is 10.4. The van der Waals surface area contributed by atoms with Gasteiger partial charge in [-0.25, -0.2) is 8.42 Å². The summed E-state index contributed by atoms with van der Waals surface area (Å²) in [5, 5.41) is 3.18. The maximum absolute atomic E-state index is 12.4. The highest BCUT2D eigenvalue weighted by Crippen LogP contribution is 2.20. The largest absolute Gasteiger partial charge is 0.497 e.